The summed E-state index contributed by atoms with van der Waals surface area (Å²) in [7, 11) is 1.77. The summed E-state index contributed by atoms with van der Waals surface area (Å²) >= 11 is 3.07. The van der Waals surface area contributed by atoms with E-state index in [1.807, 2.05) is 6.92 Å². The first-order chi connectivity index (χ1) is 13.7. The Morgan fingerprint density at radius 3 is 2.62 bits per heavy atom. The van der Waals surface area contributed by atoms with Crippen molar-refractivity contribution in [2.75, 3.05) is 5.32 Å². The lowest BCUT2D eigenvalue weighted by Gasteiger charge is -2.10. The van der Waals surface area contributed by atoms with Gasteiger partial charge in [-0.3, -0.25) is 9.48 Å². The number of halogens is 3. The molecule has 0 saturated carbocycles. The summed E-state index contributed by atoms with van der Waals surface area (Å²) in [5, 5.41) is 11.1. The highest BCUT2D eigenvalue weighted by atomic mass is 79.9. The summed E-state index contributed by atoms with van der Waals surface area (Å²) < 4.78 is 34.5. The zero-order chi connectivity index (χ0) is 20.9. The van der Waals surface area contributed by atoms with Crippen molar-refractivity contribution >= 4 is 38.6 Å². The monoisotopic (exact) mass is 461 g/mol. The Morgan fingerprint density at radius 2 is 1.97 bits per heavy atom. The van der Waals surface area contributed by atoms with Gasteiger partial charge in [-0.05, 0) is 41.9 Å². The number of hydrogen-bond donors (Lipinski definition) is 1. The number of carbonyl (C=O) groups excluding carboxylic acids is 1. The number of nitrogens with zero attached hydrogens (tertiary/aromatic N) is 4. The Balaban J connectivity index is 1.85. The molecule has 10 heteroatoms. The molecule has 7 nitrogen and oxygen atoms in total. The number of pyridine rings is 1. The van der Waals surface area contributed by atoms with E-state index in [0.717, 1.165) is 6.07 Å². The van der Waals surface area contributed by atoms with Crippen molar-refractivity contribution in [2.24, 2.45) is 7.05 Å². The molecule has 0 saturated heterocycles. The van der Waals surface area contributed by atoms with Crippen LogP contribution in [-0.4, -0.2) is 25.8 Å². The smallest absolute Gasteiger partial charge is 0.259 e. The number of amides is 1. The zero-order valence-corrected chi connectivity index (χ0v) is 17.1. The molecule has 0 unspecified atom stereocenters. The van der Waals surface area contributed by atoms with E-state index in [2.05, 4.69) is 36.5 Å². The number of aromatic nitrogens is 4. The van der Waals surface area contributed by atoms with Crippen LogP contribution in [0.25, 0.3) is 22.4 Å². The first kappa shape index (κ1) is 19.2. The van der Waals surface area contributed by atoms with Crippen LogP contribution in [-0.2, 0) is 7.05 Å². The minimum atomic E-state index is -0.902. The fraction of sp³-hybridized carbons (Fsp3) is 0.158. The molecule has 0 fully saturated rings. The van der Waals surface area contributed by atoms with Crippen LogP contribution >= 0.6 is 15.9 Å². The Kier molecular flexibility index (Phi) is 4.65. The van der Waals surface area contributed by atoms with E-state index >= 15 is 0 Å². The Labute approximate surface area is 171 Å². The molecule has 0 aliphatic rings. The molecule has 0 aliphatic heterocycles. The summed E-state index contributed by atoms with van der Waals surface area (Å²) in [4.78, 5) is 17.5. The van der Waals surface area contributed by atoms with Crippen molar-refractivity contribution in [3.05, 3.63) is 57.5 Å². The number of carbonyl (C=O) groups is 1. The van der Waals surface area contributed by atoms with Crippen LogP contribution in [0.4, 0.5) is 14.5 Å². The highest BCUT2D eigenvalue weighted by Crippen LogP contribution is 2.31. The number of fused-ring (bicyclic) bond motifs is 1. The molecule has 148 valence electrons. The lowest BCUT2D eigenvalue weighted by molar-refractivity contribution is 0.102. The van der Waals surface area contributed by atoms with E-state index in [1.54, 1.807) is 30.9 Å². The number of nitrogens with one attached hydrogen (secondary N) is 1. The lowest BCUT2D eigenvalue weighted by Crippen LogP contribution is -2.15. The topological polar surface area (TPSA) is 85.8 Å². The SMILES string of the molecule is Cc1nn(C)cc1-c1cc(C(=O)Nc2c(F)cc(F)cc2Br)c2c(C)noc2n1. The van der Waals surface area contributed by atoms with E-state index in [1.165, 1.54) is 0 Å². The summed E-state index contributed by atoms with van der Waals surface area (Å²) in [5.74, 6) is -2.28. The molecule has 1 aromatic carbocycles. The van der Waals surface area contributed by atoms with Crippen LogP contribution in [0.1, 0.15) is 21.7 Å². The highest BCUT2D eigenvalue weighted by molar-refractivity contribution is 9.10. The molecule has 3 aromatic heterocycles. The minimum absolute atomic E-state index is 0.0824. The molecule has 4 rings (SSSR count). The van der Waals surface area contributed by atoms with Gasteiger partial charge in [-0.15, -0.1) is 0 Å². The predicted octanol–water partition coefficient (Wildman–Crippen LogP) is 4.53. The number of aryl methyl sites for hydroxylation is 3. The lowest BCUT2D eigenvalue weighted by atomic mass is 10.1. The Morgan fingerprint density at radius 1 is 1.21 bits per heavy atom. The zero-order valence-electron chi connectivity index (χ0n) is 15.5. The Bertz CT molecular complexity index is 1260. The van der Waals surface area contributed by atoms with Gasteiger partial charge in [0.15, 0.2) is 5.82 Å². The normalized spacial score (nSPS) is 11.2. The van der Waals surface area contributed by atoms with Crippen LogP contribution in [0.15, 0.2) is 33.4 Å². The number of rotatable bonds is 3. The molecule has 29 heavy (non-hydrogen) atoms. The van der Waals surface area contributed by atoms with E-state index in [9.17, 15) is 13.6 Å². The molecular formula is C19H14BrF2N5O2. The van der Waals surface area contributed by atoms with Gasteiger partial charge in [0.1, 0.15) is 5.82 Å². The number of hydrogen-bond acceptors (Lipinski definition) is 5. The average Bonchev–Trinajstić information content (AvgIpc) is 3.19. The predicted molar refractivity (Wildman–Crippen MR) is 105 cm³/mol. The fourth-order valence-electron chi connectivity index (χ4n) is 3.11. The molecule has 1 N–H and O–H groups in total. The molecule has 4 aromatic rings. The van der Waals surface area contributed by atoms with Crippen molar-refractivity contribution < 1.29 is 18.1 Å². The summed E-state index contributed by atoms with van der Waals surface area (Å²) in [6.07, 6.45) is 1.77. The number of anilines is 1. The second kappa shape index (κ2) is 7.03. The Hall–Kier alpha value is -3.14. The standard InChI is InChI=1S/C19H14BrF2N5O2/c1-8-12(7-27(3)25-8)15-6-11(16-9(2)26-29-19(16)23-15)18(28)24-17-13(20)4-10(21)5-14(17)22/h4-7H,1-3H3,(H,24,28). The van der Waals surface area contributed by atoms with Gasteiger partial charge in [-0.2, -0.15) is 5.10 Å². The second-order valence-corrected chi connectivity index (χ2v) is 7.36. The van der Waals surface area contributed by atoms with Crippen LogP contribution in [0.3, 0.4) is 0 Å². The quantitative estimate of drug-likeness (QED) is 0.484. The first-order valence-corrected chi connectivity index (χ1v) is 9.27. The molecule has 0 spiro atoms. The van der Waals surface area contributed by atoms with Gasteiger partial charge in [-0.1, -0.05) is 5.16 Å². The summed E-state index contributed by atoms with van der Waals surface area (Å²) in [6, 6.07) is 3.33. The van der Waals surface area contributed by atoms with Gasteiger partial charge in [0.05, 0.1) is 33.7 Å². The first-order valence-electron chi connectivity index (χ1n) is 8.48. The van der Waals surface area contributed by atoms with Gasteiger partial charge in [0, 0.05) is 29.3 Å². The van der Waals surface area contributed by atoms with Gasteiger partial charge >= 0.3 is 0 Å². The van der Waals surface area contributed by atoms with Crippen molar-refractivity contribution in [3.8, 4) is 11.3 Å². The third-order valence-electron chi connectivity index (χ3n) is 4.40. The molecule has 0 atom stereocenters. The van der Waals surface area contributed by atoms with Crippen molar-refractivity contribution in [3.63, 3.8) is 0 Å². The third kappa shape index (κ3) is 3.39. The van der Waals surface area contributed by atoms with Gasteiger partial charge < -0.3 is 9.84 Å². The molecule has 0 aliphatic carbocycles. The van der Waals surface area contributed by atoms with E-state index in [-0.39, 0.29) is 21.4 Å². The molecule has 1 amide bonds. The largest absolute Gasteiger partial charge is 0.335 e. The maximum absolute atomic E-state index is 14.2. The molecule has 3 heterocycles. The molecule has 0 bridgehead atoms. The van der Waals surface area contributed by atoms with Crippen LogP contribution < -0.4 is 5.32 Å². The maximum Gasteiger partial charge on any atom is 0.259 e. The van der Waals surface area contributed by atoms with E-state index < -0.39 is 17.5 Å². The number of benzene rings is 1. The fourth-order valence-corrected chi connectivity index (χ4v) is 3.61. The van der Waals surface area contributed by atoms with E-state index in [4.69, 9.17) is 4.52 Å². The van der Waals surface area contributed by atoms with Crippen molar-refractivity contribution in [1.29, 1.82) is 0 Å². The van der Waals surface area contributed by atoms with Gasteiger partial charge in [-0.25, -0.2) is 13.8 Å². The summed E-state index contributed by atoms with van der Waals surface area (Å²) in [6.45, 7) is 3.49. The van der Waals surface area contributed by atoms with Crippen molar-refractivity contribution in [1.82, 2.24) is 19.9 Å². The van der Waals surface area contributed by atoms with Crippen molar-refractivity contribution in [2.45, 2.75) is 13.8 Å². The third-order valence-corrected chi connectivity index (χ3v) is 5.02. The average molecular weight is 462 g/mol. The van der Waals surface area contributed by atoms with Gasteiger partial charge in [0.2, 0.25) is 0 Å². The highest BCUT2D eigenvalue weighted by Gasteiger charge is 2.22. The van der Waals surface area contributed by atoms with Crippen LogP contribution in [0, 0.1) is 25.5 Å². The molecule has 0 radical (unpaired) electrons. The minimum Gasteiger partial charge on any atom is -0.335 e. The van der Waals surface area contributed by atoms with E-state index in [0.29, 0.717) is 34.1 Å². The maximum atomic E-state index is 14.2. The second-order valence-electron chi connectivity index (χ2n) is 6.50. The van der Waals surface area contributed by atoms with Gasteiger partial charge in [0.25, 0.3) is 11.6 Å². The summed E-state index contributed by atoms with van der Waals surface area (Å²) in [5.41, 5.74) is 2.55. The van der Waals surface area contributed by atoms with Crippen LogP contribution in [0.2, 0.25) is 0 Å². The van der Waals surface area contributed by atoms with Crippen LogP contribution in [0.5, 0.6) is 0 Å². The molecular weight excluding hydrogens is 448 g/mol.